The van der Waals surface area contributed by atoms with Crippen molar-refractivity contribution < 1.29 is 13.9 Å². The third kappa shape index (κ3) is 3.92. The number of fused-ring (bicyclic) bond motifs is 3. The highest BCUT2D eigenvalue weighted by atomic mass is 19.1. The summed E-state index contributed by atoms with van der Waals surface area (Å²) < 4.78 is 19.4. The highest BCUT2D eigenvalue weighted by Gasteiger charge is 2.28. The van der Waals surface area contributed by atoms with Crippen molar-refractivity contribution in [2.45, 2.75) is 12.8 Å². The standard InChI is InChI=1S/C25H22FNO2/c1-17-8-6-9-18(24(17)26)10-7-15-27-25(28)29-16-23-21-13-4-2-11-19(21)20-12-3-5-14-22(20)23/h2-14,23H,15-16H2,1H3,(H,27,28). The van der Waals surface area contributed by atoms with Crippen molar-refractivity contribution in [1.82, 2.24) is 5.32 Å². The molecular formula is C25H22FNO2. The summed E-state index contributed by atoms with van der Waals surface area (Å²) in [5.41, 5.74) is 5.84. The van der Waals surface area contributed by atoms with E-state index in [1.54, 1.807) is 37.3 Å². The average molecular weight is 387 g/mol. The minimum Gasteiger partial charge on any atom is -0.449 e. The highest BCUT2D eigenvalue weighted by molar-refractivity contribution is 5.79. The lowest BCUT2D eigenvalue weighted by molar-refractivity contribution is 0.144. The zero-order chi connectivity index (χ0) is 20.2. The van der Waals surface area contributed by atoms with Crippen molar-refractivity contribution in [3.05, 3.63) is 101 Å². The molecule has 0 atom stereocenters. The van der Waals surface area contributed by atoms with E-state index < -0.39 is 6.09 Å². The Morgan fingerprint density at radius 3 is 2.34 bits per heavy atom. The quantitative estimate of drug-likeness (QED) is 0.611. The number of aryl methyl sites for hydroxylation is 1. The van der Waals surface area contributed by atoms with Gasteiger partial charge < -0.3 is 10.1 Å². The second kappa shape index (κ2) is 8.31. The summed E-state index contributed by atoms with van der Waals surface area (Å²) in [7, 11) is 0. The van der Waals surface area contributed by atoms with E-state index in [-0.39, 0.29) is 24.9 Å². The number of hydrogen-bond acceptors (Lipinski definition) is 2. The molecule has 1 aliphatic rings. The van der Waals surface area contributed by atoms with Crippen LogP contribution in [0.3, 0.4) is 0 Å². The Morgan fingerprint density at radius 2 is 1.66 bits per heavy atom. The molecule has 0 bridgehead atoms. The van der Waals surface area contributed by atoms with Gasteiger partial charge in [-0.1, -0.05) is 78.9 Å². The van der Waals surface area contributed by atoms with E-state index in [2.05, 4.69) is 29.6 Å². The number of carbonyl (C=O) groups is 1. The van der Waals surface area contributed by atoms with Gasteiger partial charge in [-0.2, -0.15) is 0 Å². The van der Waals surface area contributed by atoms with Crippen LogP contribution in [0.4, 0.5) is 9.18 Å². The molecule has 1 amide bonds. The fourth-order valence-electron chi connectivity index (χ4n) is 3.78. The van der Waals surface area contributed by atoms with Crippen LogP contribution in [0.1, 0.15) is 28.2 Å². The SMILES string of the molecule is Cc1cccc(C=CCNC(=O)OCC2c3ccccc3-c3ccccc32)c1F. The highest BCUT2D eigenvalue weighted by Crippen LogP contribution is 2.44. The van der Waals surface area contributed by atoms with Crippen LogP contribution in [0.5, 0.6) is 0 Å². The lowest BCUT2D eigenvalue weighted by Crippen LogP contribution is -2.26. The minimum absolute atomic E-state index is 0.0325. The van der Waals surface area contributed by atoms with E-state index in [1.807, 2.05) is 24.3 Å². The number of amides is 1. The maximum absolute atomic E-state index is 14.0. The fraction of sp³-hybridized carbons (Fsp3) is 0.160. The first-order chi connectivity index (χ1) is 14.1. The Balaban J connectivity index is 1.34. The normalized spacial score (nSPS) is 12.6. The molecule has 0 unspecified atom stereocenters. The summed E-state index contributed by atoms with van der Waals surface area (Å²) in [4.78, 5) is 12.1. The number of halogens is 1. The van der Waals surface area contributed by atoms with Gasteiger partial charge in [0.25, 0.3) is 0 Å². The molecule has 1 N–H and O–H groups in total. The third-order valence-corrected chi connectivity index (χ3v) is 5.23. The first-order valence-electron chi connectivity index (χ1n) is 9.65. The molecule has 1 aliphatic carbocycles. The molecule has 0 heterocycles. The van der Waals surface area contributed by atoms with Crippen LogP contribution < -0.4 is 5.32 Å². The lowest BCUT2D eigenvalue weighted by Gasteiger charge is -2.14. The average Bonchev–Trinajstić information content (AvgIpc) is 3.06. The summed E-state index contributed by atoms with van der Waals surface area (Å²) in [5.74, 6) is -0.213. The Kier molecular flexibility index (Phi) is 5.43. The summed E-state index contributed by atoms with van der Waals surface area (Å²) in [5, 5.41) is 2.69. The van der Waals surface area contributed by atoms with Crippen molar-refractivity contribution >= 4 is 12.2 Å². The second-order valence-corrected chi connectivity index (χ2v) is 7.09. The van der Waals surface area contributed by atoms with E-state index in [4.69, 9.17) is 4.74 Å². The number of ether oxygens (including phenoxy) is 1. The lowest BCUT2D eigenvalue weighted by atomic mass is 9.98. The molecule has 29 heavy (non-hydrogen) atoms. The first kappa shape index (κ1) is 18.9. The predicted octanol–water partition coefficient (Wildman–Crippen LogP) is 5.69. The van der Waals surface area contributed by atoms with Gasteiger partial charge in [-0.3, -0.25) is 0 Å². The summed E-state index contributed by atoms with van der Waals surface area (Å²) in [6.07, 6.45) is 2.88. The summed E-state index contributed by atoms with van der Waals surface area (Å²) in [6, 6.07) is 21.7. The van der Waals surface area contributed by atoms with E-state index in [0.717, 1.165) is 0 Å². The molecule has 0 fully saturated rings. The number of hydrogen-bond donors (Lipinski definition) is 1. The Hall–Kier alpha value is -3.40. The van der Waals surface area contributed by atoms with Crippen LogP contribution in [0.25, 0.3) is 17.2 Å². The van der Waals surface area contributed by atoms with Gasteiger partial charge >= 0.3 is 6.09 Å². The first-order valence-corrected chi connectivity index (χ1v) is 9.65. The molecule has 3 aromatic rings. The molecular weight excluding hydrogens is 365 g/mol. The fourth-order valence-corrected chi connectivity index (χ4v) is 3.78. The molecule has 0 saturated heterocycles. The van der Waals surface area contributed by atoms with E-state index >= 15 is 0 Å². The summed E-state index contributed by atoms with van der Waals surface area (Å²) >= 11 is 0. The number of benzene rings is 3. The Bertz CT molecular complexity index is 1030. The van der Waals surface area contributed by atoms with Crippen molar-refractivity contribution in [2.24, 2.45) is 0 Å². The monoisotopic (exact) mass is 387 g/mol. The number of carbonyl (C=O) groups excluding carboxylic acids is 1. The third-order valence-electron chi connectivity index (χ3n) is 5.23. The van der Waals surface area contributed by atoms with Crippen molar-refractivity contribution in [2.75, 3.05) is 13.2 Å². The molecule has 3 aromatic carbocycles. The number of rotatable bonds is 5. The van der Waals surface area contributed by atoms with Crippen LogP contribution in [0, 0.1) is 12.7 Å². The Morgan fingerprint density at radius 1 is 1.00 bits per heavy atom. The van der Waals surface area contributed by atoms with Gasteiger partial charge in [0.05, 0.1) is 0 Å². The van der Waals surface area contributed by atoms with Crippen molar-refractivity contribution in [3.63, 3.8) is 0 Å². The maximum Gasteiger partial charge on any atom is 0.407 e. The van der Waals surface area contributed by atoms with Crippen molar-refractivity contribution in [3.8, 4) is 11.1 Å². The van der Waals surface area contributed by atoms with Crippen LogP contribution in [-0.4, -0.2) is 19.2 Å². The largest absolute Gasteiger partial charge is 0.449 e. The van der Waals surface area contributed by atoms with Crippen LogP contribution in [-0.2, 0) is 4.74 Å². The Labute approximate surface area is 169 Å². The predicted molar refractivity (Wildman–Crippen MR) is 113 cm³/mol. The molecule has 0 spiro atoms. The van der Waals surface area contributed by atoms with Gasteiger partial charge in [-0.25, -0.2) is 9.18 Å². The van der Waals surface area contributed by atoms with Gasteiger partial charge in [-0.05, 0) is 34.7 Å². The molecule has 4 heteroatoms. The number of alkyl carbamates (subject to hydrolysis) is 1. The van der Waals surface area contributed by atoms with Gasteiger partial charge in [0.15, 0.2) is 0 Å². The van der Waals surface area contributed by atoms with Crippen LogP contribution >= 0.6 is 0 Å². The van der Waals surface area contributed by atoms with Gasteiger partial charge in [0.1, 0.15) is 12.4 Å². The maximum atomic E-state index is 14.0. The molecule has 0 radical (unpaired) electrons. The molecule has 146 valence electrons. The number of nitrogens with one attached hydrogen (secondary N) is 1. The molecule has 4 rings (SSSR count). The van der Waals surface area contributed by atoms with Crippen LogP contribution in [0.2, 0.25) is 0 Å². The van der Waals surface area contributed by atoms with Crippen molar-refractivity contribution in [1.29, 1.82) is 0 Å². The smallest absolute Gasteiger partial charge is 0.407 e. The topological polar surface area (TPSA) is 38.3 Å². The van der Waals surface area contributed by atoms with E-state index in [1.165, 1.54) is 22.3 Å². The van der Waals surface area contributed by atoms with Gasteiger partial charge in [0.2, 0.25) is 0 Å². The zero-order valence-electron chi connectivity index (χ0n) is 16.2. The molecule has 0 aromatic heterocycles. The molecule has 0 saturated carbocycles. The van der Waals surface area contributed by atoms with Gasteiger partial charge in [0, 0.05) is 18.0 Å². The second-order valence-electron chi connectivity index (χ2n) is 7.09. The van der Waals surface area contributed by atoms with Gasteiger partial charge in [-0.15, -0.1) is 0 Å². The molecule has 3 nitrogen and oxygen atoms in total. The van der Waals surface area contributed by atoms with Crippen LogP contribution in [0.15, 0.2) is 72.8 Å². The molecule has 0 aliphatic heterocycles. The minimum atomic E-state index is -0.485. The van der Waals surface area contributed by atoms with E-state index in [0.29, 0.717) is 11.1 Å². The zero-order valence-corrected chi connectivity index (χ0v) is 16.2. The van der Waals surface area contributed by atoms with E-state index in [9.17, 15) is 9.18 Å². The summed E-state index contributed by atoms with van der Waals surface area (Å²) in [6.45, 7) is 2.27.